The quantitative estimate of drug-likeness (QED) is 0.586. The summed E-state index contributed by atoms with van der Waals surface area (Å²) in [6, 6.07) is 8.30. The molecule has 11 heteroatoms. The molecule has 2 aromatic carbocycles. The number of nitrogens with zero attached hydrogens (tertiary/aromatic N) is 2. The lowest BCUT2D eigenvalue weighted by Crippen LogP contribution is -2.45. The Morgan fingerprint density at radius 2 is 1.68 bits per heavy atom. The standard InChI is InChI=1S/C23H31N3O6S2/c1-16-8-9-19(14-17(16)2)26(33(5,28)29)18(3)23(27)24-21-15-20(10-11-22(21)32-4)34(30,31)25-12-6-7-13-25/h8-11,14-15,18H,6-7,12-13H2,1-5H3,(H,24,27). The molecule has 1 heterocycles. The van der Waals surface area contributed by atoms with Gasteiger partial charge >= 0.3 is 0 Å². The van der Waals surface area contributed by atoms with Gasteiger partial charge in [0.1, 0.15) is 11.8 Å². The number of ether oxygens (including phenoxy) is 1. The van der Waals surface area contributed by atoms with Crippen LogP contribution in [-0.4, -0.2) is 59.5 Å². The van der Waals surface area contributed by atoms with Crippen molar-refractivity contribution in [3.8, 4) is 5.75 Å². The van der Waals surface area contributed by atoms with Crippen LogP contribution in [0.2, 0.25) is 0 Å². The van der Waals surface area contributed by atoms with Gasteiger partial charge in [-0.05, 0) is 75.1 Å². The molecular weight excluding hydrogens is 478 g/mol. The summed E-state index contributed by atoms with van der Waals surface area (Å²) in [7, 11) is -6.11. The molecule has 1 aliphatic heterocycles. The molecule has 34 heavy (non-hydrogen) atoms. The van der Waals surface area contributed by atoms with Gasteiger partial charge in [0, 0.05) is 13.1 Å². The zero-order valence-corrected chi connectivity index (χ0v) is 21.7. The minimum absolute atomic E-state index is 0.0345. The third-order valence-corrected chi connectivity index (χ3v) is 9.10. The number of amides is 1. The van der Waals surface area contributed by atoms with Crippen LogP contribution in [0, 0.1) is 13.8 Å². The van der Waals surface area contributed by atoms with Gasteiger partial charge in [0.2, 0.25) is 26.0 Å². The van der Waals surface area contributed by atoms with E-state index in [1.54, 1.807) is 18.2 Å². The van der Waals surface area contributed by atoms with E-state index < -0.39 is 32.0 Å². The van der Waals surface area contributed by atoms with Crippen molar-refractivity contribution in [2.75, 3.05) is 36.1 Å². The third kappa shape index (κ3) is 5.37. The molecule has 1 saturated heterocycles. The summed E-state index contributed by atoms with van der Waals surface area (Å²) in [4.78, 5) is 13.2. The average Bonchev–Trinajstić information content (AvgIpc) is 3.31. The summed E-state index contributed by atoms with van der Waals surface area (Å²) in [5.74, 6) is -0.365. The summed E-state index contributed by atoms with van der Waals surface area (Å²) in [6.45, 7) is 6.15. The van der Waals surface area contributed by atoms with Crippen molar-refractivity contribution in [2.45, 2.75) is 44.6 Å². The van der Waals surface area contributed by atoms with Gasteiger partial charge < -0.3 is 10.1 Å². The van der Waals surface area contributed by atoms with Gasteiger partial charge in [0.25, 0.3) is 0 Å². The van der Waals surface area contributed by atoms with Crippen molar-refractivity contribution in [3.05, 3.63) is 47.5 Å². The number of sulfonamides is 2. The van der Waals surface area contributed by atoms with Crippen molar-refractivity contribution in [1.82, 2.24) is 4.31 Å². The number of anilines is 2. The molecule has 0 aromatic heterocycles. The van der Waals surface area contributed by atoms with E-state index in [-0.39, 0.29) is 16.3 Å². The van der Waals surface area contributed by atoms with Crippen LogP contribution < -0.4 is 14.4 Å². The molecule has 186 valence electrons. The lowest BCUT2D eigenvalue weighted by Gasteiger charge is -2.29. The van der Waals surface area contributed by atoms with E-state index in [2.05, 4.69) is 5.32 Å². The number of aryl methyl sites for hydroxylation is 2. The lowest BCUT2D eigenvalue weighted by atomic mass is 10.1. The minimum atomic E-state index is -3.80. The van der Waals surface area contributed by atoms with Crippen LogP contribution in [0.1, 0.15) is 30.9 Å². The maximum atomic E-state index is 13.2. The van der Waals surface area contributed by atoms with Gasteiger partial charge in [0.15, 0.2) is 0 Å². The first-order chi connectivity index (χ1) is 15.9. The molecule has 0 spiro atoms. The summed E-state index contributed by atoms with van der Waals surface area (Å²) in [6.07, 6.45) is 2.64. The maximum Gasteiger partial charge on any atom is 0.248 e. The fourth-order valence-corrected chi connectivity index (χ4v) is 6.64. The maximum absolute atomic E-state index is 13.2. The van der Waals surface area contributed by atoms with Crippen LogP contribution in [0.5, 0.6) is 5.75 Å². The monoisotopic (exact) mass is 509 g/mol. The van der Waals surface area contributed by atoms with E-state index in [0.29, 0.717) is 18.8 Å². The molecule has 0 bridgehead atoms. The normalized spacial score (nSPS) is 15.7. The van der Waals surface area contributed by atoms with Crippen molar-refractivity contribution >= 4 is 37.3 Å². The van der Waals surface area contributed by atoms with Crippen molar-refractivity contribution in [3.63, 3.8) is 0 Å². The number of benzene rings is 2. The second-order valence-corrected chi connectivity index (χ2v) is 12.3. The van der Waals surface area contributed by atoms with Crippen LogP contribution in [0.3, 0.4) is 0 Å². The van der Waals surface area contributed by atoms with E-state index in [9.17, 15) is 21.6 Å². The van der Waals surface area contributed by atoms with E-state index in [4.69, 9.17) is 4.74 Å². The average molecular weight is 510 g/mol. The molecular formula is C23H31N3O6S2. The zero-order chi connectivity index (χ0) is 25.3. The fraction of sp³-hybridized carbons (Fsp3) is 0.435. The van der Waals surface area contributed by atoms with Crippen LogP contribution in [-0.2, 0) is 24.8 Å². The molecule has 0 aliphatic carbocycles. The number of carbonyl (C=O) groups excluding carboxylic acids is 1. The van der Waals surface area contributed by atoms with Crippen molar-refractivity contribution in [1.29, 1.82) is 0 Å². The highest BCUT2D eigenvalue weighted by atomic mass is 32.2. The predicted molar refractivity (Wildman–Crippen MR) is 132 cm³/mol. The Morgan fingerprint density at radius 3 is 2.24 bits per heavy atom. The fourth-order valence-electron chi connectivity index (χ4n) is 3.93. The molecule has 2 aromatic rings. The molecule has 1 fully saturated rings. The van der Waals surface area contributed by atoms with E-state index >= 15 is 0 Å². The molecule has 0 radical (unpaired) electrons. The first-order valence-electron chi connectivity index (χ1n) is 10.9. The molecule has 1 aliphatic rings. The SMILES string of the molecule is COc1ccc(S(=O)(=O)N2CCCC2)cc1NC(=O)C(C)N(c1ccc(C)c(C)c1)S(C)(=O)=O. The topological polar surface area (TPSA) is 113 Å². The molecule has 0 saturated carbocycles. The molecule has 1 unspecified atom stereocenters. The molecule has 9 nitrogen and oxygen atoms in total. The first kappa shape index (κ1) is 26.0. The number of nitrogens with one attached hydrogen (secondary N) is 1. The van der Waals surface area contributed by atoms with Gasteiger partial charge in [-0.2, -0.15) is 4.31 Å². The van der Waals surface area contributed by atoms with Crippen LogP contribution >= 0.6 is 0 Å². The van der Waals surface area contributed by atoms with Gasteiger partial charge in [-0.15, -0.1) is 0 Å². The molecule has 1 atom stereocenters. The first-order valence-corrected chi connectivity index (χ1v) is 14.2. The van der Waals surface area contributed by atoms with Crippen LogP contribution in [0.25, 0.3) is 0 Å². The zero-order valence-electron chi connectivity index (χ0n) is 20.0. The van der Waals surface area contributed by atoms with Crippen LogP contribution in [0.15, 0.2) is 41.3 Å². The van der Waals surface area contributed by atoms with Gasteiger partial charge in [0.05, 0.1) is 29.6 Å². The summed E-state index contributed by atoms with van der Waals surface area (Å²) < 4.78 is 59.0. The highest BCUT2D eigenvalue weighted by Gasteiger charge is 2.31. The Hall–Kier alpha value is -2.63. The van der Waals surface area contributed by atoms with Crippen molar-refractivity contribution in [2.24, 2.45) is 0 Å². The summed E-state index contributed by atoms with van der Waals surface area (Å²) in [5, 5.41) is 2.66. The Kier molecular flexibility index (Phi) is 7.59. The number of hydrogen-bond donors (Lipinski definition) is 1. The Balaban J connectivity index is 1.94. The number of rotatable bonds is 8. The minimum Gasteiger partial charge on any atom is -0.495 e. The number of hydrogen-bond acceptors (Lipinski definition) is 6. The van der Waals surface area contributed by atoms with Gasteiger partial charge in [-0.3, -0.25) is 9.10 Å². The Morgan fingerprint density at radius 1 is 1.03 bits per heavy atom. The molecule has 1 N–H and O–H groups in total. The highest BCUT2D eigenvalue weighted by Crippen LogP contribution is 2.31. The van der Waals surface area contributed by atoms with E-state index in [0.717, 1.165) is 34.5 Å². The molecule has 3 rings (SSSR count). The number of methoxy groups -OCH3 is 1. The highest BCUT2D eigenvalue weighted by molar-refractivity contribution is 7.92. The third-order valence-electron chi connectivity index (χ3n) is 5.97. The van der Waals surface area contributed by atoms with Gasteiger partial charge in [-0.25, -0.2) is 16.8 Å². The van der Waals surface area contributed by atoms with Crippen LogP contribution in [0.4, 0.5) is 11.4 Å². The largest absolute Gasteiger partial charge is 0.495 e. The van der Waals surface area contributed by atoms with Gasteiger partial charge in [-0.1, -0.05) is 6.07 Å². The smallest absolute Gasteiger partial charge is 0.248 e. The van der Waals surface area contributed by atoms with E-state index in [1.165, 1.54) is 36.5 Å². The summed E-state index contributed by atoms with van der Waals surface area (Å²) in [5.41, 5.74) is 2.40. The predicted octanol–water partition coefficient (Wildman–Crippen LogP) is 2.89. The number of carbonyl (C=O) groups is 1. The van der Waals surface area contributed by atoms with Crippen molar-refractivity contribution < 1.29 is 26.4 Å². The summed E-state index contributed by atoms with van der Waals surface area (Å²) >= 11 is 0. The Bertz CT molecular complexity index is 1290. The second kappa shape index (κ2) is 9.93. The second-order valence-electron chi connectivity index (χ2n) is 8.47. The molecule has 1 amide bonds. The van der Waals surface area contributed by atoms with E-state index in [1.807, 2.05) is 13.8 Å². The lowest BCUT2D eigenvalue weighted by molar-refractivity contribution is -0.116. The Labute approximate surface area is 201 Å².